The molecular formula is C18H21NO. The minimum atomic E-state index is 0.203. The van der Waals surface area contributed by atoms with Gasteiger partial charge in [0.1, 0.15) is 11.9 Å². The van der Waals surface area contributed by atoms with E-state index in [-0.39, 0.29) is 6.10 Å². The summed E-state index contributed by atoms with van der Waals surface area (Å²) in [5.74, 6) is 0.983. The molecule has 0 saturated heterocycles. The summed E-state index contributed by atoms with van der Waals surface area (Å²) in [4.78, 5) is 2.41. The molecule has 0 fully saturated rings. The molecule has 0 aromatic heterocycles. The third-order valence-electron chi connectivity index (χ3n) is 3.90. The van der Waals surface area contributed by atoms with Gasteiger partial charge in [0, 0.05) is 5.69 Å². The molecule has 0 bridgehead atoms. The first kappa shape index (κ1) is 13.0. The lowest BCUT2D eigenvalue weighted by Crippen LogP contribution is -2.36. The van der Waals surface area contributed by atoms with E-state index in [0.29, 0.717) is 0 Å². The van der Waals surface area contributed by atoms with Crippen molar-refractivity contribution in [3.8, 4) is 5.75 Å². The van der Waals surface area contributed by atoms with Crippen LogP contribution in [0.15, 0.2) is 42.5 Å². The van der Waals surface area contributed by atoms with Crippen LogP contribution in [0.3, 0.4) is 0 Å². The highest BCUT2D eigenvalue weighted by Gasteiger charge is 2.25. The number of nitrogens with zero attached hydrogens (tertiary/aromatic N) is 1. The summed E-state index contributed by atoms with van der Waals surface area (Å²) in [6.07, 6.45) is 1.25. The maximum absolute atomic E-state index is 5.96. The van der Waals surface area contributed by atoms with Crippen LogP contribution in [0.2, 0.25) is 0 Å². The van der Waals surface area contributed by atoms with Gasteiger partial charge in [0.15, 0.2) is 0 Å². The Kier molecular flexibility index (Phi) is 3.39. The minimum Gasteiger partial charge on any atom is -0.487 e. The summed E-state index contributed by atoms with van der Waals surface area (Å²) >= 11 is 0. The van der Waals surface area contributed by atoms with Crippen LogP contribution < -0.4 is 9.64 Å². The number of benzene rings is 2. The van der Waals surface area contributed by atoms with Crippen LogP contribution in [-0.2, 0) is 6.42 Å². The standard InChI is InChI=1S/C18H21NO/c1-4-15-9-7-8-13(2)18(15)19-12-14(3)20-17-11-6-5-10-16(17)19/h5-11,14H,4,12H2,1-3H3. The van der Waals surface area contributed by atoms with Crippen LogP contribution in [0.4, 0.5) is 11.4 Å². The van der Waals surface area contributed by atoms with Crippen molar-refractivity contribution in [3.63, 3.8) is 0 Å². The zero-order chi connectivity index (χ0) is 14.1. The Balaban J connectivity index is 2.16. The quantitative estimate of drug-likeness (QED) is 0.795. The Hall–Kier alpha value is -1.96. The third kappa shape index (κ3) is 2.15. The van der Waals surface area contributed by atoms with E-state index in [1.54, 1.807) is 0 Å². The smallest absolute Gasteiger partial charge is 0.143 e. The maximum atomic E-state index is 5.96. The van der Waals surface area contributed by atoms with Crippen LogP contribution in [0, 0.1) is 6.92 Å². The van der Waals surface area contributed by atoms with Crippen molar-refractivity contribution in [2.75, 3.05) is 11.4 Å². The first-order valence-corrected chi connectivity index (χ1v) is 7.32. The molecule has 0 saturated carbocycles. The molecule has 1 aliphatic rings. The van der Waals surface area contributed by atoms with Gasteiger partial charge in [-0.2, -0.15) is 0 Å². The number of fused-ring (bicyclic) bond motifs is 1. The molecule has 1 atom stereocenters. The van der Waals surface area contributed by atoms with Gasteiger partial charge in [0.2, 0.25) is 0 Å². The average Bonchev–Trinajstić information content (AvgIpc) is 2.46. The van der Waals surface area contributed by atoms with Gasteiger partial charge < -0.3 is 9.64 Å². The molecule has 0 aliphatic carbocycles. The molecular weight excluding hydrogens is 246 g/mol. The Morgan fingerprint density at radius 1 is 1.15 bits per heavy atom. The molecule has 1 unspecified atom stereocenters. The van der Waals surface area contributed by atoms with Crippen molar-refractivity contribution in [1.82, 2.24) is 0 Å². The molecule has 1 aliphatic heterocycles. The number of hydrogen-bond acceptors (Lipinski definition) is 2. The lowest BCUT2D eigenvalue weighted by atomic mass is 10.0. The van der Waals surface area contributed by atoms with Gasteiger partial charge in [-0.25, -0.2) is 0 Å². The van der Waals surface area contributed by atoms with Crippen LogP contribution in [-0.4, -0.2) is 12.6 Å². The Labute approximate surface area is 121 Å². The molecule has 0 N–H and O–H groups in total. The van der Waals surface area contributed by atoms with E-state index in [2.05, 4.69) is 62.1 Å². The number of rotatable bonds is 2. The van der Waals surface area contributed by atoms with Gasteiger partial charge in [-0.3, -0.25) is 0 Å². The van der Waals surface area contributed by atoms with Gasteiger partial charge in [0.05, 0.1) is 12.2 Å². The van der Waals surface area contributed by atoms with Crippen LogP contribution in [0.1, 0.15) is 25.0 Å². The summed E-state index contributed by atoms with van der Waals surface area (Å²) in [5, 5.41) is 0. The van der Waals surface area contributed by atoms with E-state index in [0.717, 1.165) is 18.7 Å². The largest absolute Gasteiger partial charge is 0.487 e. The first-order valence-electron chi connectivity index (χ1n) is 7.32. The van der Waals surface area contributed by atoms with E-state index >= 15 is 0 Å². The molecule has 2 heteroatoms. The zero-order valence-corrected chi connectivity index (χ0v) is 12.4. The van der Waals surface area contributed by atoms with Gasteiger partial charge in [-0.1, -0.05) is 37.3 Å². The van der Waals surface area contributed by atoms with Gasteiger partial charge in [-0.05, 0) is 43.5 Å². The molecule has 2 aromatic rings. The van der Waals surface area contributed by atoms with Gasteiger partial charge >= 0.3 is 0 Å². The summed E-state index contributed by atoms with van der Waals surface area (Å²) in [7, 11) is 0. The number of para-hydroxylation sites is 3. The predicted octanol–water partition coefficient (Wildman–Crippen LogP) is 4.48. The lowest BCUT2D eigenvalue weighted by Gasteiger charge is -2.36. The van der Waals surface area contributed by atoms with Gasteiger partial charge in [0.25, 0.3) is 0 Å². The fourth-order valence-corrected chi connectivity index (χ4v) is 2.99. The van der Waals surface area contributed by atoms with Crippen molar-refractivity contribution in [2.45, 2.75) is 33.3 Å². The van der Waals surface area contributed by atoms with E-state index in [1.807, 2.05) is 6.07 Å². The topological polar surface area (TPSA) is 12.5 Å². The van der Waals surface area contributed by atoms with Crippen molar-refractivity contribution < 1.29 is 4.74 Å². The molecule has 0 spiro atoms. The first-order chi connectivity index (χ1) is 9.70. The monoisotopic (exact) mass is 267 g/mol. The summed E-state index contributed by atoms with van der Waals surface area (Å²) < 4.78 is 5.96. The lowest BCUT2D eigenvalue weighted by molar-refractivity contribution is 0.217. The van der Waals surface area contributed by atoms with Crippen molar-refractivity contribution in [1.29, 1.82) is 0 Å². The maximum Gasteiger partial charge on any atom is 0.143 e. The highest BCUT2D eigenvalue weighted by Crippen LogP contribution is 2.40. The molecule has 2 nitrogen and oxygen atoms in total. The minimum absolute atomic E-state index is 0.203. The number of aryl methyl sites for hydroxylation is 2. The van der Waals surface area contributed by atoms with E-state index in [1.165, 1.54) is 22.5 Å². The molecule has 0 radical (unpaired) electrons. The van der Waals surface area contributed by atoms with E-state index in [4.69, 9.17) is 4.74 Å². The summed E-state index contributed by atoms with van der Waals surface area (Å²) in [6, 6.07) is 14.9. The second-order valence-corrected chi connectivity index (χ2v) is 5.44. The Bertz CT molecular complexity index is 621. The van der Waals surface area contributed by atoms with E-state index in [9.17, 15) is 0 Å². The highest BCUT2D eigenvalue weighted by atomic mass is 16.5. The predicted molar refractivity (Wildman–Crippen MR) is 84.1 cm³/mol. The fourth-order valence-electron chi connectivity index (χ4n) is 2.99. The van der Waals surface area contributed by atoms with Crippen molar-refractivity contribution >= 4 is 11.4 Å². The second kappa shape index (κ2) is 5.20. The Morgan fingerprint density at radius 3 is 2.75 bits per heavy atom. The Morgan fingerprint density at radius 2 is 1.95 bits per heavy atom. The molecule has 104 valence electrons. The van der Waals surface area contributed by atoms with E-state index < -0.39 is 0 Å². The van der Waals surface area contributed by atoms with Crippen LogP contribution in [0.25, 0.3) is 0 Å². The molecule has 2 aromatic carbocycles. The second-order valence-electron chi connectivity index (χ2n) is 5.44. The fraction of sp³-hybridized carbons (Fsp3) is 0.333. The highest BCUT2D eigenvalue weighted by molar-refractivity contribution is 5.74. The van der Waals surface area contributed by atoms with Crippen LogP contribution >= 0.6 is 0 Å². The number of hydrogen-bond donors (Lipinski definition) is 0. The van der Waals surface area contributed by atoms with Crippen LogP contribution in [0.5, 0.6) is 5.75 Å². The van der Waals surface area contributed by atoms with Crippen molar-refractivity contribution in [3.05, 3.63) is 53.6 Å². The van der Waals surface area contributed by atoms with Gasteiger partial charge in [-0.15, -0.1) is 0 Å². The normalized spacial score (nSPS) is 17.6. The molecule has 0 amide bonds. The SMILES string of the molecule is CCc1cccc(C)c1N1CC(C)Oc2ccccc21. The molecule has 20 heavy (non-hydrogen) atoms. The third-order valence-corrected chi connectivity index (χ3v) is 3.90. The number of anilines is 2. The number of ether oxygens (including phenoxy) is 1. The van der Waals surface area contributed by atoms with Crippen molar-refractivity contribution in [2.24, 2.45) is 0 Å². The molecule has 3 rings (SSSR count). The average molecular weight is 267 g/mol. The molecule has 1 heterocycles. The summed E-state index contributed by atoms with van der Waals surface area (Å²) in [6.45, 7) is 7.44. The zero-order valence-electron chi connectivity index (χ0n) is 12.4. The summed E-state index contributed by atoms with van der Waals surface area (Å²) in [5.41, 5.74) is 5.24.